The fraction of sp³-hybridized carbons (Fsp3) is 0.500. The summed E-state index contributed by atoms with van der Waals surface area (Å²) in [6.45, 7) is 3.12. The summed E-state index contributed by atoms with van der Waals surface area (Å²) in [5, 5.41) is 11.2. The van der Waals surface area contributed by atoms with Gasteiger partial charge in [-0.1, -0.05) is 25.1 Å². The number of aliphatic hydroxyl groups excluding tert-OH is 1. The van der Waals surface area contributed by atoms with E-state index >= 15 is 0 Å². The number of ether oxygens (including phenoxy) is 2. The quantitative estimate of drug-likeness (QED) is 0.648. The molecule has 5 nitrogen and oxygen atoms in total. The lowest BCUT2D eigenvalue weighted by Gasteiger charge is -2.10. The number of carbonyl (C=O) groups excluding carboxylic acids is 1. The molecule has 1 aromatic rings. The largest absolute Gasteiger partial charge is 0.483 e. The fourth-order valence-corrected chi connectivity index (χ4v) is 1.56. The molecule has 19 heavy (non-hydrogen) atoms. The van der Waals surface area contributed by atoms with Crippen LogP contribution < -0.4 is 10.1 Å². The average Bonchev–Trinajstić information content (AvgIpc) is 2.45. The van der Waals surface area contributed by atoms with Gasteiger partial charge in [-0.2, -0.15) is 0 Å². The third-order valence-corrected chi connectivity index (χ3v) is 2.52. The maximum absolute atomic E-state index is 11.5. The van der Waals surface area contributed by atoms with E-state index in [1.165, 1.54) is 0 Å². The number of aryl methyl sites for hydroxylation is 1. The summed E-state index contributed by atoms with van der Waals surface area (Å²) in [6.07, 6.45) is 0.868. The summed E-state index contributed by atoms with van der Waals surface area (Å²) in [4.78, 5) is 11.5. The number of hydrogen-bond acceptors (Lipinski definition) is 4. The zero-order valence-electron chi connectivity index (χ0n) is 11.2. The number of amides is 1. The van der Waals surface area contributed by atoms with Crippen LogP contribution in [-0.2, 0) is 16.0 Å². The monoisotopic (exact) mass is 267 g/mol. The first kappa shape index (κ1) is 15.5. The molecule has 0 radical (unpaired) electrons. The standard InChI is InChI=1S/C14H21NO4/c1-2-12-5-3-4-6-13(12)19-11-14(17)15-7-9-18-10-8-16/h3-6,16H,2,7-11H2,1H3,(H,15,17). The lowest BCUT2D eigenvalue weighted by Crippen LogP contribution is -2.32. The Labute approximate surface area is 113 Å². The molecule has 0 bridgehead atoms. The highest BCUT2D eigenvalue weighted by atomic mass is 16.5. The van der Waals surface area contributed by atoms with Crippen LogP contribution in [0.2, 0.25) is 0 Å². The molecule has 106 valence electrons. The molecule has 0 atom stereocenters. The number of benzene rings is 1. The molecule has 0 saturated carbocycles. The molecule has 0 unspecified atom stereocenters. The van der Waals surface area contributed by atoms with Gasteiger partial charge in [-0.25, -0.2) is 0 Å². The van der Waals surface area contributed by atoms with Crippen molar-refractivity contribution in [1.29, 1.82) is 0 Å². The SMILES string of the molecule is CCc1ccccc1OCC(=O)NCCOCCO. The Hall–Kier alpha value is -1.59. The summed E-state index contributed by atoms with van der Waals surface area (Å²) < 4.78 is 10.5. The van der Waals surface area contributed by atoms with Crippen molar-refractivity contribution >= 4 is 5.91 Å². The first-order valence-corrected chi connectivity index (χ1v) is 6.44. The molecule has 1 amide bonds. The first-order valence-electron chi connectivity index (χ1n) is 6.44. The highest BCUT2D eigenvalue weighted by Gasteiger charge is 2.04. The van der Waals surface area contributed by atoms with E-state index in [0.29, 0.717) is 13.2 Å². The number of rotatable bonds is 9. The van der Waals surface area contributed by atoms with Gasteiger partial charge in [-0.3, -0.25) is 4.79 Å². The fourth-order valence-electron chi connectivity index (χ4n) is 1.56. The van der Waals surface area contributed by atoms with E-state index in [4.69, 9.17) is 14.6 Å². The number of hydrogen-bond donors (Lipinski definition) is 2. The number of aliphatic hydroxyl groups is 1. The Kier molecular flexibility index (Phi) is 7.62. The molecule has 0 aromatic heterocycles. The van der Waals surface area contributed by atoms with Gasteiger partial charge in [0, 0.05) is 6.54 Å². The zero-order valence-corrected chi connectivity index (χ0v) is 11.2. The van der Waals surface area contributed by atoms with Crippen molar-refractivity contribution in [3.8, 4) is 5.75 Å². The maximum atomic E-state index is 11.5. The molecule has 0 heterocycles. The van der Waals surface area contributed by atoms with Crippen molar-refractivity contribution in [1.82, 2.24) is 5.32 Å². The van der Waals surface area contributed by atoms with E-state index in [9.17, 15) is 4.79 Å². The zero-order chi connectivity index (χ0) is 13.9. The van der Waals surface area contributed by atoms with E-state index in [2.05, 4.69) is 5.32 Å². The van der Waals surface area contributed by atoms with Gasteiger partial charge in [0.15, 0.2) is 6.61 Å². The Morgan fingerprint density at radius 2 is 2.11 bits per heavy atom. The molecule has 0 saturated heterocycles. The van der Waals surface area contributed by atoms with Gasteiger partial charge >= 0.3 is 0 Å². The van der Waals surface area contributed by atoms with E-state index in [1.807, 2.05) is 31.2 Å². The van der Waals surface area contributed by atoms with Gasteiger partial charge in [0.25, 0.3) is 5.91 Å². The molecule has 0 spiro atoms. The summed E-state index contributed by atoms with van der Waals surface area (Å²) in [5.74, 6) is 0.565. The molecule has 0 aliphatic heterocycles. The summed E-state index contributed by atoms with van der Waals surface area (Å²) in [5.41, 5.74) is 1.08. The number of para-hydroxylation sites is 1. The highest BCUT2D eigenvalue weighted by molar-refractivity contribution is 5.77. The van der Waals surface area contributed by atoms with Crippen LogP contribution in [0.1, 0.15) is 12.5 Å². The Balaban J connectivity index is 2.22. The molecular formula is C14H21NO4. The van der Waals surface area contributed by atoms with E-state index in [0.717, 1.165) is 17.7 Å². The minimum atomic E-state index is -0.182. The second kappa shape index (κ2) is 9.35. The predicted molar refractivity (Wildman–Crippen MR) is 72.2 cm³/mol. The van der Waals surface area contributed by atoms with Crippen LogP contribution in [0.25, 0.3) is 0 Å². The second-order valence-electron chi connectivity index (χ2n) is 3.94. The number of nitrogens with one attached hydrogen (secondary N) is 1. The van der Waals surface area contributed by atoms with Crippen molar-refractivity contribution in [3.05, 3.63) is 29.8 Å². The lowest BCUT2D eigenvalue weighted by atomic mass is 10.1. The Morgan fingerprint density at radius 1 is 1.32 bits per heavy atom. The molecule has 0 aliphatic carbocycles. The Bertz CT molecular complexity index is 381. The normalized spacial score (nSPS) is 10.2. The molecule has 1 aromatic carbocycles. The third-order valence-electron chi connectivity index (χ3n) is 2.52. The molecule has 0 fully saturated rings. The van der Waals surface area contributed by atoms with Gasteiger partial charge < -0.3 is 19.9 Å². The summed E-state index contributed by atoms with van der Waals surface area (Å²) in [7, 11) is 0. The molecule has 2 N–H and O–H groups in total. The molecule has 1 rings (SSSR count). The molecule has 5 heteroatoms. The van der Waals surface area contributed by atoms with E-state index < -0.39 is 0 Å². The van der Waals surface area contributed by atoms with Crippen LogP contribution >= 0.6 is 0 Å². The van der Waals surface area contributed by atoms with Crippen LogP contribution in [0.5, 0.6) is 5.75 Å². The van der Waals surface area contributed by atoms with Crippen molar-refractivity contribution in [3.63, 3.8) is 0 Å². The Morgan fingerprint density at radius 3 is 2.84 bits per heavy atom. The van der Waals surface area contributed by atoms with Crippen LogP contribution in [0.3, 0.4) is 0 Å². The van der Waals surface area contributed by atoms with Crippen LogP contribution in [-0.4, -0.2) is 44.0 Å². The van der Waals surface area contributed by atoms with Crippen molar-refractivity contribution in [2.45, 2.75) is 13.3 Å². The van der Waals surface area contributed by atoms with Crippen LogP contribution in [0.15, 0.2) is 24.3 Å². The summed E-state index contributed by atoms with van der Waals surface area (Å²) in [6, 6.07) is 7.67. The molecular weight excluding hydrogens is 246 g/mol. The smallest absolute Gasteiger partial charge is 0.258 e. The van der Waals surface area contributed by atoms with E-state index in [1.54, 1.807) is 0 Å². The van der Waals surface area contributed by atoms with Gasteiger partial charge in [-0.05, 0) is 18.1 Å². The van der Waals surface area contributed by atoms with Gasteiger partial charge in [0.05, 0.1) is 19.8 Å². The van der Waals surface area contributed by atoms with E-state index in [-0.39, 0.29) is 25.7 Å². The van der Waals surface area contributed by atoms with Crippen LogP contribution in [0, 0.1) is 0 Å². The minimum Gasteiger partial charge on any atom is -0.483 e. The van der Waals surface area contributed by atoms with Gasteiger partial charge in [0.1, 0.15) is 5.75 Å². The molecule has 0 aliphatic rings. The highest BCUT2D eigenvalue weighted by Crippen LogP contribution is 2.17. The van der Waals surface area contributed by atoms with Crippen molar-refractivity contribution in [2.24, 2.45) is 0 Å². The maximum Gasteiger partial charge on any atom is 0.258 e. The van der Waals surface area contributed by atoms with Crippen molar-refractivity contribution < 1.29 is 19.4 Å². The van der Waals surface area contributed by atoms with Crippen molar-refractivity contribution in [2.75, 3.05) is 33.0 Å². The predicted octanol–water partition coefficient (Wildman–Crippen LogP) is 0.753. The summed E-state index contributed by atoms with van der Waals surface area (Å²) >= 11 is 0. The number of carbonyl (C=O) groups is 1. The van der Waals surface area contributed by atoms with Gasteiger partial charge in [-0.15, -0.1) is 0 Å². The minimum absolute atomic E-state index is 0.00296. The van der Waals surface area contributed by atoms with Crippen LogP contribution in [0.4, 0.5) is 0 Å². The first-order chi connectivity index (χ1) is 9.27. The van der Waals surface area contributed by atoms with Gasteiger partial charge in [0.2, 0.25) is 0 Å². The second-order valence-corrected chi connectivity index (χ2v) is 3.94. The topological polar surface area (TPSA) is 67.8 Å². The third kappa shape index (κ3) is 6.22. The lowest BCUT2D eigenvalue weighted by molar-refractivity contribution is -0.123. The average molecular weight is 267 g/mol.